The van der Waals surface area contributed by atoms with Crippen LogP contribution in [-0.4, -0.2) is 52.2 Å². The summed E-state index contributed by atoms with van der Waals surface area (Å²) in [6.07, 6.45) is 1.45. The van der Waals surface area contributed by atoms with Gasteiger partial charge in [0.25, 0.3) is 5.91 Å². The maximum absolute atomic E-state index is 12.5. The van der Waals surface area contributed by atoms with E-state index in [1.54, 1.807) is 20.8 Å². The molecule has 0 radical (unpaired) electrons. The van der Waals surface area contributed by atoms with E-state index < -0.39 is 35.7 Å². The number of carbonyl (C=O) groups excluding carboxylic acids is 2. The van der Waals surface area contributed by atoms with E-state index >= 15 is 0 Å². The molecular formula is C20H34N6O6. The van der Waals surface area contributed by atoms with Crippen molar-refractivity contribution in [2.24, 2.45) is 22.4 Å². The Morgan fingerprint density at radius 1 is 1.25 bits per heavy atom. The molecule has 0 aromatic carbocycles. The zero-order valence-electron chi connectivity index (χ0n) is 19.2. The van der Waals surface area contributed by atoms with Gasteiger partial charge in [-0.05, 0) is 46.0 Å². The zero-order chi connectivity index (χ0) is 24.5. The molecule has 12 nitrogen and oxygen atoms in total. The van der Waals surface area contributed by atoms with Crippen molar-refractivity contribution >= 4 is 23.9 Å². The average molecular weight is 455 g/mol. The number of carboxylic acid groups (broad SMARTS) is 1. The van der Waals surface area contributed by atoms with Crippen molar-refractivity contribution < 1.29 is 28.6 Å². The molecule has 32 heavy (non-hydrogen) atoms. The largest absolute Gasteiger partial charge is 0.480 e. The van der Waals surface area contributed by atoms with Crippen LogP contribution in [-0.2, 0) is 9.53 Å². The fraction of sp³-hybridized carbons (Fsp3) is 0.650. The van der Waals surface area contributed by atoms with E-state index in [1.165, 1.54) is 0 Å². The van der Waals surface area contributed by atoms with Crippen molar-refractivity contribution in [1.82, 2.24) is 15.6 Å². The second-order valence-corrected chi connectivity index (χ2v) is 8.71. The molecule has 1 aromatic heterocycles. The summed E-state index contributed by atoms with van der Waals surface area (Å²) in [6, 6.07) is -1.77. The maximum atomic E-state index is 12.5. The predicted molar refractivity (Wildman–Crippen MR) is 117 cm³/mol. The topological polar surface area (TPSA) is 195 Å². The second-order valence-electron chi connectivity index (χ2n) is 8.71. The van der Waals surface area contributed by atoms with Gasteiger partial charge in [-0.25, -0.2) is 14.6 Å². The third kappa shape index (κ3) is 10.1. The normalized spacial score (nSPS) is 13.2. The zero-order valence-corrected chi connectivity index (χ0v) is 19.2. The van der Waals surface area contributed by atoms with Crippen LogP contribution in [0.5, 0.6) is 0 Å². The van der Waals surface area contributed by atoms with Gasteiger partial charge in [0.1, 0.15) is 23.9 Å². The van der Waals surface area contributed by atoms with Gasteiger partial charge in [-0.1, -0.05) is 13.8 Å². The summed E-state index contributed by atoms with van der Waals surface area (Å²) in [7, 11) is 0. The Labute approximate surface area is 187 Å². The number of aromatic nitrogens is 1. The minimum absolute atomic E-state index is 0.0908. The molecule has 0 spiro atoms. The first kappa shape index (κ1) is 26.7. The molecular weight excluding hydrogens is 420 g/mol. The molecule has 1 heterocycles. The quantitative estimate of drug-likeness (QED) is 0.187. The summed E-state index contributed by atoms with van der Waals surface area (Å²) in [5, 5.41) is 14.5. The summed E-state index contributed by atoms with van der Waals surface area (Å²) in [4.78, 5) is 44.1. The first-order valence-corrected chi connectivity index (χ1v) is 10.3. The Morgan fingerprint density at radius 2 is 1.91 bits per heavy atom. The van der Waals surface area contributed by atoms with Crippen molar-refractivity contribution in [3.05, 3.63) is 17.8 Å². The molecule has 2 amide bonds. The summed E-state index contributed by atoms with van der Waals surface area (Å²) in [6.45, 7) is 9.39. The number of nitrogens with zero attached hydrogens (tertiary/aromatic N) is 2. The number of nitrogens with two attached hydrogens (primary N) is 2. The number of carbonyl (C=O) groups is 3. The van der Waals surface area contributed by atoms with Crippen molar-refractivity contribution in [2.75, 3.05) is 6.54 Å². The highest BCUT2D eigenvalue weighted by molar-refractivity contribution is 5.94. The minimum Gasteiger partial charge on any atom is -0.480 e. The molecule has 0 aliphatic heterocycles. The van der Waals surface area contributed by atoms with Crippen LogP contribution < -0.4 is 22.1 Å². The average Bonchev–Trinajstić information content (AvgIpc) is 3.11. The lowest BCUT2D eigenvalue weighted by molar-refractivity contribution is -0.139. The Kier molecular flexibility index (Phi) is 9.95. The van der Waals surface area contributed by atoms with E-state index in [1.807, 2.05) is 13.8 Å². The highest BCUT2D eigenvalue weighted by atomic mass is 16.6. The van der Waals surface area contributed by atoms with E-state index in [0.29, 0.717) is 12.8 Å². The third-order valence-corrected chi connectivity index (χ3v) is 4.00. The molecule has 0 saturated carbocycles. The first-order chi connectivity index (χ1) is 14.8. The summed E-state index contributed by atoms with van der Waals surface area (Å²) in [5.41, 5.74) is 9.68. The van der Waals surface area contributed by atoms with Crippen LogP contribution in [0, 0.1) is 5.92 Å². The number of guanidine groups is 1. The number of hydrogen-bond donors (Lipinski definition) is 5. The molecule has 2 atom stereocenters. The van der Waals surface area contributed by atoms with E-state index in [0.717, 1.165) is 6.26 Å². The highest BCUT2D eigenvalue weighted by Crippen LogP contribution is 2.22. The molecule has 1 rings (SSSR count). The molecule has 0 fully saturated rings. The van der Waals surface area contributed by atoms with Gasteiger partial charge in [0.05, 0.1) is 0 Å². The summed E-state index contributed by atoms with van der Waals surface area (Å²) < 4.78 is 10.7. The number of ether oxygens (including phenoxy) is 1. The summed E-state index contributed by atoms with van der Waals surface area (Å²) >= 11 is 0. The van der Waals surface area contributed by atoms with E-state index in [4.69, 9.17) is 20.6 Å². The standard InChI is InChI=1S/C20H34N6O6/c1-11(2)9-13(26-19(30)32-20(3,4)5)16-25-14(10-31-16)15(27)24-12(17(28)29)7-6-8-23-18(21)22/h10-13H,6-9H2,1-5H3,(H,24,27)(H,26,30)(H,28,29)(H4,21,22,23)/t12-,13-/m0/s1. The lowest BCUT2D eigenvalue weighted by Crippen LogP contribution is -2.41. The number of aliphatic imine (C=N–C) groups is 1. The molecule has 0 bridgehead atoms. The number of alkyl carbamates (subject to hydrolysis) is 1. The lowest BCUT2D eigenvalue weighted by Gasteiger charge is -2.23. The van der Waals surface area contributed by atoms with Crippen molar-refractivity contribution in [2.45, 2.75) is 71.6 Å². The molecule has 0 aliphatic carbocycles. The van der Waals surface area contributed by atoms with Gasteiger partial charge in [0, 0.05) is 6.54 Å². The molecule has 7 N–H and O–H groups in total. The van der Waals surface area contributed by atoms with Gasteiger partial charge < -0.3 is 36.4 Å². The smallest absolute Gasteiger partial charge is 0.408 e. The minimum atomic E-state index is -1.20. The Bertz CT molecular complexity index is 810. The van der Waals surface area contributed by atoms with E-state index in [-0.39, 0.29) is 36.4 Å². The van der Waals surface area contributed by atoms with Crippen molar-refractivity contribution in [3.8, 4) is 0 Å². The van der Waals surface area contributed by atoms with Gasteiger partial charge in [-0.2, -0.15) is 0 Å². The molecule has 0 saturated heterocycles. The van der Waals surface area contributed by atoms with Crippen molar-refractivity contribution in [3.63, 3.8) is 0 Å². The van der Waals surface area contributed by atoms with Gasteiger partial charge >= 0.3 is 12.1 Å². The third-order valence-electron chi connectivity index (χ3n) is 4.00. The van der Waals surface area contributed by atoms with Crippen LogP contribution in [0.3, 0.4) is 0 Å². The maximum Gasteiger partial charge on any atom is 0.408 e. The van der Waals surface area contributed by atoms with E-state index in [2.05, 4.69) is 20.6 Å². The van der Waals surface area contributed by atoms with Crippen molar-refractivity contribution in [1.29, 1.82) is 0 Å². The highest BCUT2D eigenvalue weighted by Gasteiger charge is 2.27. The number of amides is 2. The second kappa shape index (κ2) is 11.9. The number of rotatable bonds is 11. The number of carboxylic acids is 1. The molecule has 1 aromatic rings. The molecule has 0 aliphatic rings. The van der Waals surface area contributed by atoms with Crippen LogP contribution in [0.25, 0.3) is 0 Å². The number of aliphatic carboxylic acids is 1. The fourth-order valence-corrected chi connectivity index (χ4v) is 2.69. The molecule has 0 unspecified atom stereocenters. The number of oxazole rings is 1. The van der Waals surface area contributed by atoms with Crippen LogP contribution in [0.1, 0.15) is 76.3 Å². The molecule has 12 heteroatoms. The van der Waals surface area contributed by atoms with Gasteiger partial charge in [-0.15, -0.1) is 0 Å². The van der Waals surface area contributed by atoms with Crippen LogP contribution in [0.15, 0.2) is 15.7 Å². The summed E-state index contributed by atoms with van der Waals surface area (Å²) in [5.74, 6) is -1.70. The van der Waals surface area contributed by atoms with Gasteiger partial charge in [-0.3, -0.25) is 9.79 Å². The molecule has 180 valence electrons. The van der Waals surface area contributed by atoms with Gasteiger partial charge in [0.15, 0.2) is 11.7 Å². The Balaban J connectivity index is 2.85. The number of nitrogens with one attached hydrogen (secondary N) is 2. The van der Waals surface area contributed by atoms with E-state index in [9.17, 15) is 19.5 Å². The van der Waals surface area contributed by atoms with Crippen LogP contribution in [0.2, 0.25) is 0 Å². The van der Waals surface area contributed by atoms with Crippen LogP contribution >= 0.6 is 0 Å². The number of hydrogen-bond acceptors (Lipinski definition) is 7. The lowest BCUT2D eigenvalue weighted by atomic mass is 10.0. The predicted octanol–water partition coefficient (Wildman–Crippen LogP) is 1.52. The fourth-order valence-electron chi connectivity index (χ4n) is 2.69. The first-order valence-electron chi connectivity index (χ1n) is 10.3. The van der Waals surface area contributed by atoms with Crippen LogP contribution in [0.4, 0.5) is 4.79 Å². The van der Waals surface area contributed by atoms with Gasteiger partial charge in [0.2, 0.25) is 5.89 Å². The Morgan fingerprint density at radius 3 is 2.44 bits per heavy atom. The monoisotopic (exact) mass is 454 g/mol. The Hall–Kier alpha value is -3.31. The SMILES string of the molecule is CC(C)C[C@H](NC(=O)OC(C)(C)C)c1nc(C(=O)N[C@@H](CCCN=C(N)N)C(=O)O)co1.